The summed E-state index contributed by atoms with van der Waals surface area (Å²) >= 11 is 2.46. The summed E-state index contributed by atoms with van der Waals surface area (Å²) in [6.45, 7) is 0. The third-order valence-electron chi connectivity index (χ3n) is 3.27. The molecule has 0 saturated heterocycles. The van der Waals surface area contributed by atoms with Crippen molar-refractivity contribution >= 4 is 39.2 Å². The van der Waals surface area contributed by atoms with Crippen molar-refractivity contribution in [1.29, 1.82) is 0 Å². The van der Waals surface area contributed by atoms with Gasteiger partial charge in [0.15, 0.2) is 5.16 Å². The fourth-order valence-corrected chi connectivity index (χ4v) is 3.86. The first-order valence-corrected chi connectivity index (χ1v) is 8.49. The number of nitrogens with two attached hydrogens (primary N) is 1. The van der Waals surface area contributed by atoms with Crippen LogP contribution in [0.1, 0.15) is 0 Å². The first kappa shape index (κ1) is 15.7. The summed E-state index contributed by atoms with van der Waals surface area (Å²) in [5, 5.41) is 2.76. The Labute approximate surface area is 139 Å². The van der Waals surface area contributed by atoms with Crippen LogP contribution in [-0.2, 0) is 11.8 Å². The molecule has 5 nitrogen and oxygen atoms in total. The van der Waals surface area contributed by atoms with E-state index in [0.29, 0.717) is 15.4 Å². The summed E-state index contributed by atoms with van der Waals surface area (Å²) in [6.07, 6.45) is 0. The van der Waals surface area contributed by atoms with Gasteiger partial charge in [-0.2, -0.15) is 0 Å². The van der Waals surface area contributed by atoms with Gasteiger partial charge in [0.05, 0.1) is 11.1 Å². The molecule has 0 fully saturated rings. The summed E-state index contributed by atoms with van der Waals surface area (Å²) in [6, 6.07) is 5.97. The predicted molar refractivity (Wildman–Crippen MR) is 90.2 cm³/mol. The molecule has 1 amide bonds. The third-order valence-corrected chi connectivity index (χ3v) is 5.20. The first-order valence-electron chi connectivity index (χ1n) is 6.62. The summed E-state index contributed by atoms with van der Waals surface area (Å²) in [4.78, 5) is 28.6. The molecule has 0 spiro atoms. The maximum atomic E-state index is 13.1. The van der Waals surface area contributed by atoms with Crippen molar-refractivity contribution < 1.29 is 9.18 Å². The Bertz CT molecular complexity index is 948. The third kappa shape index (κ3) is 2.99. The zero-order valence-electron chi connectivity index (χ0n) is 12.1. The quantitative estimate of drug-likeness (QED) is 0.579. The highest BCUT2D eigenvalue weighted by molar-refractivity contribution is 7.99. The molecule has 3 rings (SSSR count). The molecule has 118 valence electrons. The summed E-state index contributed by atoms with van der Waals surface area (Å²) in [5.41, 5.74) is 6.41. The number of fused-ring (bicyclic) bond motifs is 1. The Balaban J connectivity index is 2.14. The number of thioether (sulfide) groups is 1. The van der Waals surface area contributed by atoms with Crippen molar-refractivity contribution in [3.8, 4) is 11.1 Å². The van der Waals surface area contributed by atoms with Gasteiger partial charge in [-0.3, -0.25) is 14.2 Å². The van der Waals surface area contributed by atoms with Crippen LogP contribution in [0.25, 0.3) is 21.3 Å². The molecule has 0 aliphatic rings. The lowest BCUT2D eigenvalue weighted by atomic mass is 10.1. The minimum Gasteiger partial charge on any atom is -0.369 e. The van der Waals surface area contributed by atoms with Crippen LogP contribution in [0.4, 0.5) is 4.39 Å². The Morgan fingerprint density at radius 2 is 2.09 bits per heavy atom. The SMILES string of the molecule is Cn1c(SCC(N)=O)nc2scc(-c3ccc(F)cc3)c2c1=O. The van der Waals surface area contributed by atoms with Gasteiger partial charge in [-0.15, -0.1) is 11.3 Å². The van der Waals surface area contributed by atoms with Gasteiger partial charge in [0, 0.05) is 18.0 Å². The molecule has 2 N–H and O–H groups in total. The van der Waals surface area contributed by atoms with E-state index < -0.39 is 5.91 Å². The van der Waals surface area contributed by atoms with Crippen LogP contribution >= 0.6 is 23.1 Å². The average Bonchev–Trinajstić information content (AvgIpc) is 2.94. The van der Waals surface area contributed by atoms with Gasteiger partial charge < -0.3 is 5.73 Å². The molecule has 0 bridgehead atoms. The van der Waals surface area contributed by atoms with E-state index in [1.54, 1.807) is 19.2 Å². The van der Waals surface area contributed by atoms with E-state index in [0.717, 1.165) is 22.9 Å². The van der Waals surface area contributed by atoms with Gasteiger partial charge in [0.2, 0.25) is 5.91 Å². The van der Waals surface area contributed by atoms with E-state index in [2.05, 4.69) is 4.98 Å². The van der Waals surface area contributed by atoms with Gasteiger partial charge in [-0.05, 0) is 17.7 Å². The number of nitrogens with zero attached hydrogens (tertiary/aromatic N) is 2. The van der Waals surface area contributed by atoms with Crippen molar-refractivity contribution in [2.45, 2.75) is 5.16 Å². The highest BCUT2D eigenvalue weighted by Gasteiger charge is 2.16. The van der Waals surface area contributed by atoms with Gasteiger partial charge in [0.25, 0.3) is 5.56 Å². The highest BCUT2D eigenvalue weighted by Crippen LogP contribution is 2.32. The maximum Gasteiger partial charge on any atom is 0.263 e. The monoisotopic (exact) mass is 349 g/mol. The number of halogens is 1. The van der Waals surface area contributed by atoms with Crippen LogP contribution in [0, 0.1) is 5.82 Å². The fraction of sp³-hybridized carbons (Fsp3) is 0.133. The van der Waals surface area contributed by atoms with E-state index in [1.165, 1.54) is 28.0 Å². The van der Waals surface area contributed by atoms with Crippen LogP contribution in [0.5, 0.6) is 0 Å². The fourth-order valence-electron chi connectivity index (χ4n) is 2.16. The lowest BCUT2D eigenvalue weighted by Gasteiger charge is -2.07. The Kier molecular flexibility index (Phi) is 4.18. The highest BCUT2D eigenvalue weighted by atomic mass is 32.2. The van der Waals surface area contributed by atoms with Gasteiger partial charge in [-0.1, -0.05) is 23.9 Å². The van der Waals surface area contributed by atoms with E-state index >= 15 is 0 Å². The van der Waals surface area contributed by atoms with E-state index in [1.807, 2.05) is 5.38 Å². The smallest absolute Gasteiger partial charge is 0.263 e. The number of hydrogen-bond acceptors (Lipinski definition) is 5. The summed E-state index contributed by atoms with van der Waals surface area (Å²) in [5.74, 6) is -0.742. The topological polar surface area (TPSA) is 78.0 Å². The minimum absolute atomic E-state index is 0.0575. The number of amides is 1. The lowest BCUT2D eigenvalue weighted by Crippen LogP contribution is -2.21. The average molecular weight is 349 g/mol. The van der Waals surface area contributed by atoms with Gasteiger partial charge in [-0.25, -0.2) is 9.37 Å². The Hall–Kier alpha value is -2.19. The van der Waals surface area contributed by atoms with E-state index in [-0.39, 0.29) is 17.1 Å². The number of rotatable bonds is 4. The molecule has 0 atom stereocenters. The molecular formula is C15H12FN3O2S2. The molecule has 0 aliphatic heterocycles. The van der Waals surface area contributed by atoms with Crippen molar-refractivity contribution in [2.75, 3.05) is 5.75 Å². The van der Waals surface area contributed by atoms with Gasteiger partial charge >= 0.3 is 0 Å². The molecule has 0 aliphatic carbocycles. The van der Waals surface area contributed by atoms with E-state index in [9.17, 15) is 14.0 Å². The van der Waals surface area contributed by atoms with Crippen LogP contribution in [0.2, 0.25) is 0 Å². The van der Waals surface area contributed by atoms with Crippen molar-refractivity contribution in [1.82, 2.24) is 9.55 Å². The second-order valence-corrected chi connectivity index (χ2v) is 6.65. The number of hydrogen-bond donors (Lipinski definition) is 1. The number of carbonyl (C=O) groups excluding carboxylic acids is 1. The molecule has 8 heteroatoms. The molecule has 2 heterocycles. The zero-order chi connectivity index (χ0) is 16.6. The number of thiophene rings is 1. The second-order valence-electron chi connectivity index (χ2n) is 4.85. The number of primary amides is 1. The lowest BCUT2D eigenvalue weighted by molar-refractivity contribution is -0.115. The molecule has 0 unspecified atom stereocenters. The zero-order valence-corrected chi connectivity index (χ0v) is 13.7. The summed E-state index contributed by atoms with van der Waals surface area (Å²) < 4.78 is 14.5. The number of aromatic nitrogens is 2. The van der Waals surface area contributed by atoms with Crippen LogP contribution in [0.3, 0.4) is 0 Å². The normalized spacial score (nSPS) is 11.0. The molecule has 2 aromatic heterocycles. The van der Waals surface area contributed by atoms with Crippen molar-refractivity contribution in [2.24, 2.45) is 12.8 Å². The molecule has 1 aromatic carbocycles. The number of benzene rings is 1. The second kappa shape index (κ2) is 6.13. The van der Waals surface area contributed by atoms with Crippen molar-refractivity contribution in [3.63, 3.8) is 0 Å². The Morgan fingerprint density at radius 3 is 2.74 bits per heavy atom. The number of carbonyl (C=O) groups is 1. The molecule has 3 aromatic rings. The van der Waals surface area contributed by atoms with Crippen LogP contribution in [0.15, 0.2) is 39.6 Å². The van der Waals surface area contributed by atoms with Crippen LogP contribution < -0.4 is 11.3 Å². The molecule has 0 radical (unpaired) electrons. The van der Waals surface area contributed by atoms with Crippen LogP contribution in [-0.4, -0.2) is 21.2 Å². The predicted octanol–water partition coefficient (Wildman–Crippen LogP) is 2.38. The Morgan fingerprint density at radius 1 is 1.39 bits per heavy atom. The van der Waals surface area contributed by atoms with E-state index in [4.69, 9.17) is 5.73 Å². The molecular weight excluding hydrogens is 337 g/mol. The van der Waals surface area contributed by atoms with Gasteiger partial charge in [0.1, 0.15) is 10.6 Å². The molecule has 23 heavy (non-hydrogen) atoms. The molecule has 0 saturated carbocycles. The summed E-state index contributed by atoms with van der Waals surface area (Å²) in [7, 11) is 1.60. The van der Waals surface area contributed by atoms with Crippen molar-refractivity contribution in [3.05, 3.63) is 45.8 Å². The minimum atomic E-state index is -0.470. The first-order chi connectivity index (χ1) is 11.0. The standard InChI is InChI=1S/C15H12FN3O2S2/c1-19-14(21)12-10(8-2-4-9(16)5-3-8)6-22-13(12)18-15(19)23-7-11(17)20/h2-6H,7H2,1H3,(H2,17,20). The largest absolute Gasteiger partial charge is 0.369 e. The maximum absolute atomic E-state index is 13.1.